The van der Waals surface area contributed by atoms with E-state index in [4.69, 9.17) is 0 Å². The Morgan fingerprint density at radius 3 is 2.88 bits per heavy atom. The molecule has 1 aromatic carbocycles. The van der Waals surface area contributed by atoms with Gasteiger partial charge in [0.1, 0.15) is 0 Å². The van der Waals surface area contributed by atoms with Crippen LogP contribution in [0.1, 0.15) is 30.4 Å². The molecule has 1 aromatic rings. The molecule has 88 valence electrons. The first-order valence-electron chi connectivity index (χ1n) is 6.16. The predicted octanol–water partition coefficient (Wildman–Crippen LogP) is 3.40. The van der Waals surface area contributed by atoms with Gasteiger partial charge >= 0.3 is 0 Å². The summed E-state index contributed by atoms with van der Waals surface area (Å²) in [6.45, 7) is 3.41. The molecule has 1 N–H and O–H groups in total. The highest BCUT2D eigenvalue weighted by Crippen LogP contribution is 2.22. The Balaban J connectivity index is 2.01. The number of piperidine rings is 1. The number of benzene rings is 1. The Morgan fingerprint density at radius 1 is 1.38 bits per heavy atom. The van der Waals surface area contributed by atoms with Crippen LogP contribution in [0.3, 0.4) is 0 Å². The maximum Gasteiger partial charge on any atom is 0.0107 e. The van der Waals surface area contributed by atoms with E-state index in [1.807, 2.05) is 11.8 Å². The minimum Gasteiger partial charge on any atom is -0.314 e. The van der Waals surface area contributed by atoms with Crippen LogP contribution in [0.5, 0.6) is 0 Å². The van der Waals surface area contributed by atoms with Crippen molar-refractivity contribution >= 4 is 11.8 Å². The molecule has 1 heterocycles. The summed E-state index contributed by atoms with van der Waals surface area (Å²) in [5.74, 6) is 0. The lowest BCUT2D eigenvalue weighted by molar-refractivity contribution is 0.399. The molecule has 1 unspecified atom stereocenters. The van der Waals surface area contributed by atoms with E-state index in [2.05, 4.69) is 36.7 Å². The first-order chi connectivity index (χ1) is 7.79. The third-order valence-corrected chi connectivity index (χ3v) is 4.25. The average molecular weight is 235 g/mol. The first-order valence-corrected chi connectivity index (χ1v) is 7.39. The van der Waals surface area contributed by atoms with Gasteiger partial charge in [0.2, 0.25) is 0 Å². The largest absolute Gasteiger partial charge is 0.314 e. The second-order valence-electron chi connectivity index (χ2n) is 4.65. The molecule has 1 aliphatic rings. The van der Waals surface area contributed by atoms with Gasteiger partial charge in [-0.25, -0.2) is 0 Å². The molecule has 0 saturated carbocycles. The summed E-state index contributed by atoms with van der Waals surface area (Å²) >= 11 is 1.83. The molecule has 0 amide bonds. The molecule has 0 spiro atoms. The molecule has 0 bridgehead atoms. The van der Waals surface area contributed by atoms with E-state index in [9.17, 15) is 0 Å². The molecule has 0 aliphatic carbocycles. The number of aryl methyl sites for hydroxylation is 1. The van der Waals surface area contributed by atoms with E-state index in [0.717, 1.165) is 0 Å². The van der Waals surface area contributed by atoms with Crippen LogP contribution >= 0.6 is 11.8 Å². The molecule has 2 rings (SSSR count). The van der Waals surface area contributed by atoms with E-state index < -0.39 is 0 Å². The fraction of sp³-hybridized carbons (Fsp3) is 0.571. The standard InChI is InChI=1S/C14H21NS/c1-11-9-12(6-7-14(11)16-2)10-13-5-3-4-8-15-13/h6-7,9,13,15H,3-5,8,10H2,1-2H3. The summed E-state index contributed by atoms with van der Waals surface area (Å²) in [6, 6.07) is 7.60. The van der Waals surface area contributed by atoms with Crippen molar-refractivity contribution in [3.8, 4) is 0 Å². The maximum absolute atomic E-state index is 3.61. The van der Waals surface area contributed by atoms with E-state index in [-0.39, 0.29) is 0 Å². The lowest BCUT2D eigenvalue weighted by atomic mass is 9.97. The molecule has 16 heavy (non-hydrogen) atoms. The van der Waals surface area contributed by atoms with Gasteiger partial charge in [-0.3, -0.25) is 0 Å². The van der Waals surface area contributed by atoms with Crippen LogP contribution in [0.2, 0.25) is 0 Å². The summed E-state index contributed by atoms with van der Waals surface area (Å²) in [4.78, 5) is 1.40. The molecule has 1 saturated heterocycles. The molecule has 1 fully saturated rings. The van der Waals surface area contributed by atoms with Crippen molar-refractivity contribution in [2.75, 3.05) is 12.8 Å². The number of hydrogen-bond donors (Lipinski definition) is 1. The lowest BCUT2D eigenvalue weighted by Crippen LogP contribution is -2.35. The monoisotopic (exact) mass is 235 g/mol. The Bertz CT molecular complexity index is 343. The molecule has 1 atom stereocenters. The fourth-order valence-corrected chi connectivity index (χ4v) is 3.04. The Labute approximate surface area is 103 Å². The van der Waals surface area contributed by atoms with E-state index >= 15 is 0 Å². The Hall–Kier alpha value is -0.470. The average Bonchev–Trinajstić information content (AvgIpc) is 2.31. The Kier molecular flexibility index (Phi) is 4.30. The zero-order valence-corrected chi connectivity index (χ0v) is 11.1. The minimum atomic E-state index is 0.702. The SMILES string of the molecule is CSc1ccc(CC2CCCCN2)cc1C. The predicted molar refractivity (Wildman–Crippen MR) is 72.3 cm³/mol. The van der Waals surface area contributed by atoms with Crippen molar-refractivity contribution in [1.29, 1.82) is 0 Å². The summed E-state index contributed by atoms with van der Waals surface area (Å²) in [7, 11) is 0. The van der Waals surface area contributed by atoms with Crippen LogP contribution in [-0.2, 0) is 6.42 Å². The molecular formula is C14H21NS. The van der Waals surface area contributed by atoms with E-state index in [0.29, 0.717) is 6.04 Å². The highest BCUT2D eigenvalue weighted by atomic mass is 32.2. The zero-order chi connectivity index (χ0) is 11.4. The lowest BCUT2D eigenvalue weighted by Gasteiger charge is -2.23. The van der Waals surface area contributed by atoms with Gasteiger partial charge in [0.15, 0.2) is 0 Å². The van der Waals surface area contributed by atoms with Crippen LogP contribution in [0, 0.1) is 6.92 Å². The first kappa shape index (κ1) is 12.0. The summed E-state index contributed by atoms with van der Waals surface area (Å²) in [6.07, 6.45) is 7.41. The number of rotatable bonds is 3. The topological polar surface area (TPSA) is 12.0 Å². The fourth-order valence-electron chi connectivity index (χ4n) is 2.45. The molecule has 2 heteroatoms. The van der Waals surface area contributed by atoms with Crippen molar-refractivity contribution in [3.63, 3.8) is 0 Å². The summed E-state index contributed by atoms with van der Waals surface area (Å²) < 4.78 is 0. The van der Waals surface area contributed by atoms with Gasteiger partial charge in [-0.05, 0) is 56.2 Å². The van der Waals surface area contributed by atoms with Gasteiger partial charge in [-0.15, -0.1) is 11.8 Å². The number of nitrogens with one attached hydrogen (secondary N) is 1. The molecule has 0 aromatic heterocycles. The van der Waals surface area contributed by atoms with Crippen LogP contribution in [-0.4, -0.2) is 18.8 Å². The van der Waals surface area contributed by atoms with Gasteiger partial charge < -0.3 is 5.32 Å². The second-order valence-corrected chi connectivity index (χ2v) is 5.50. The highest BCUT2D eigenvalue weighted by Gasteiger charge is 2.13. The van der Waals surface area contributed by atoms with Crippen molar-refractivity contribution in [2.24, 2.45) is 0 Å². The quantitative estimate of drug-likeness (QED) is 0.806. The van der Waals surface area contributed by atoms with Crippen molar-refractivity contribution in [3.05, 3.63) is 29.3 Å². The number of thioether (sulfide) groups is 1. The summed E-state index contributed by atoms with van der Waals surface area (Å²) in [5, 5.41) is 3.61. The molecule has 1 nitrogen and oxygen atoms in total. The van der Waals surface area contributed by atoms with Crippen LogP contribution < -0.4 is 5.32 Å². The van der Waals surface area contributed by atoms with E-state index in [1.54, 1.807) is 0 Å². The van der Waals surface area contributed by atoms with Crippen molar-refractivity contribution < 1.29 is 0 Å². The van der Waals surface area contributed by atoms with Gasteiger partial charge in [-0.2, -0.15) is 0 Å². The van der Waals surface area contributed by atoms with Crippen molar-refractivity contribution in [2.45, 2.75) is 43.5 Å². The third-order valence-electron chi connectivity index (χ3n) is 3.35. The van der Waals surface area contributed by atoms with Gasteiger partial charge in [-0.1, -0.05) is 18.6 Å². The smallest absolute Gasteiger partial charge is 0.0107 e. The second kappa shape index (κ2) is 5.74. The third kappa shape index (κ3) is 3.02. The van der Waals surface area contributed by atoms with Crippen LogP contribution in [0.4, 0.5) is 0 Å². The molecule has 0 radical (unpaired) electrons. The highest BCUT2D eigenvalue weighted by molar-refractivity contribution is 7.98. The van der Waals surface area contributed by atoms with Crippen LogP contribution in [0.25, 0.3) is 0 Å². The number of hydrogen-bond acceptors (Lipinski definition) is 2. The maximum atomic E-state index is 3.61. The normalized spacial score (nSPS) is 21.0. The summed E-state index contributed by atoms with van der Waals surface area (Å²) in [5.41, 5.74) is 2.90. The van der Waals surface area contributed by atoms with Gasteiger partial charge in [0.05, 0.1) is 0 Å². The van der Waals surface area contributed by atoms with Gasteiger partial charge in [0.25, 0.3) is 0 Å². The van der Waals surface area contributed by atoms with Crippen molar-refractivity contribution in [1.82, 2.24) is 5.32 Å². The van der Waals surface area contributed by atoms with Crippen LogP contribution in [0.15, 0.2) is 23.1 Å². The van der Waals surface area contributed by atoms with Gasteiger partial charge in [0, 0.05) is 10.9 Å². The molecular weight excluding hydrogens is 214 g/mol. The minimum absolute atomic E-state index is 0.702. The zero-order valence-electron chi connectivity index (χ0n) is 10.3. The molecule has 1 aliphatic heterocycles. The van der Waals surface area contributed by atoms with E-state index in [1.165, 1.54) is 48.3 Å². The Morgan fingerprint density at radius 2 is 2.25 bits per heavy atom.